The van der Waals surface area contributed by atoms with Gasteiger partial charge in [0.15, 0.2) is 12.9 Å². The van der Waals surface area contributed by atoms with E-state index in [1.807, 2.05) is 13.8 Å². The first kappa shape index (κ1) is 15.0. The predicted octanol–water partition coefficient (Wildman–Crippen LogP) is 1.75. The van der Waals surface area contributed by atoms with Crippen LogP contribution in [0.3, 0.4) is 0 Å². The molecule has 1 amide bonds. The highest BCUT2D eigenvalue weighted by molar-refractivity contribution is 5.81. The van der Waals surface area contributed by atoms with Gasteiger partial charge in [0.05, 0.1) is 12.7 Å². The number of rotatable bonds is 7. The van der Waals surface area contributed by atoms with Crippen LogP contribution in [0, 0.1) is 0 Å². The minimum atomic E-state index is -0.0994. The Morgan fingerprint density at radius 2 is 2.00 bits per heavy atom. The van der Waals surface area contributed by atoms with Crippen molar-refractivity contribution in [1.82, 2.24) is 4.90 Å². The first-order valence-corrected chi connectivity index (χ1v) is 6.20. The average Bonchev–Trinajstić information content (AvgIpc) is 2.46. The van der Waals surface area contributed by atoms with Gasteiger partial charge >= 0.3 is 0 Å². The molecule has 0 atom stereocenters. The largest absolute Gasteiger partial charge is 0.497 e. The summed E-state index contributed by atoms with van der Waals surface area (Å²) in [6, 6.07) is 4.88. The zero-order valence-corrected chi connectivity index (χ0v) is 11.5. The fourth-order valence-corrected chi connectivity index (χ4v) is 1.68. The number of aldehydes is 1. The van der Waals surface area contributed by atoms with Crippen LogP contribution in [0.25, 0.3) is 0 Å². The van der Waals surface area contributed by atoms with Crippen molar-refractivity contribution in [2.45, 2.75) is 13.8 Å². The molecule has 1 aromatic carbocycles. The summed E-state index contributed by atoms with van der Waals surface area (Å²) < 4.78 is 10.4. The summed E-state index contributed by atoms with van der Waals surface area (Å²) >= 11 is 0. The molecule has 1 rings (SSSR count). The lowest BCUT2D eigenvalue weighted by molar-refractivity contribution is -0.132. The van der Waals surface area contributed by atoms with Gasteiger partial charge in [-0.3, -0.25) is 9.59 Å². The van der Waals surface area contributed by atoms with Crippen LogP contribution < -0.4 is 9.47 Å². The van der Waals surface area contributed by atoms with E-state index in [0.717, 1.165) is 0 Å². The molecule has 0 bridgehead atoms. The molecule has 0 N–H and O–H groups in total. The molecule has 5 heteroatoms. The Bertz CT molecular complexity index is 441. The zero-order chi connectivity index (χ0) is 14.3. The highest BCUT2D eigenvalue weighted by atomic mass is 16.5. The Labute approximate surface area is 113 Å². The number of hydrogen-bond donors (Lipinski definition) is 0. The maximum Gasteiger partial charge on any atom is 0.260 e. The summed E-state index contributed by atoms with van der Waals surface area (Å²) in [6.07, 6.45) is 0.680. The van der Waals surface area contributed by atoms with Crippen molar-refractivity contribution in [3.05, 3.63) is 23.8 Å². The zero-order valence-electron chi connectivity index (χ0n) is 11.5. The summed E-state index contributed by atoms with van der Waals surface area (Å²) in [6.45, 7) is 5.02. The van der Waals surface area contributed by atoms with Crippen molar-refractivity contribution in [3.8, 4) is 11.5 Å². The van der Waals surface area contributed by atoms with E-state index in [4.69, 9.17) is 9.47 Å². The number of benzene rings is 1. The van der Waals surface area contributed by atoms with Gasteiger partial charge in [0, 0.05) is 13.1 Å². The summed E-state index contributed by atoms with van der Waals surface area (Å²) in [7, 11) is 1.52. The standard InChI is InChI=1S/C14H19NO4/c1-4-15(5-2)14(17)10-19-13-7-6-12(18-3)8-11(13)9-16/h6-9H,4-5,10H2,1-3H3. The lowest BCUT2D eigenvalue weighted by Gasteiger charge is -2.19. The number of likely N-dealkylation sites (N-methyl/N-ethyl adjacent to an activating group) is 1. The fourth-order valence-electron chi connectivity index (χ4n) is 1.68. The highest BCUT2D eigenvalue weighted by Gasteiger charge is 2.12. The van der Waals surface area contributed by atoms with Crippen LogP contribution in [0.5, 0.6) is 11.5 Å². The Hall–Kier alpha value is -2.04. The SMILES string of the molecule is CCN(CC)C(=O)COc1ccc(OC)cc1C=O. The topological polar surface area (TPSA) is 55.8 Å². The average molecular weight is 265 g/mol. The van der Waals surface area contributed by atoms with Crippen molar-refractivity contribution < 1.29 is 19.1 Å². The third kappa shape index (κ3) is 3.98. The van der Waals surface area contributed by atoms with E-state index in [9.17, 15) is 9.59 Å². The number of carbonyl (C=O) groups is 2. The van der Waals surface area contributed by atoms with Crippen molar-refractivity contribution in [3.63, 3.8) is 0 Å². The van der Waals surface area contributed by atoms with E-state index in [1.165, 1.54) is 7.11 Å². The molecule has 0 radical (unpaired) electrons. The van der Waals surface area contributed by atoms with E-state index >= 15 is 0 Å². The highest BCUT2D eigenvalue weighted by Crippen LogP contribution is 2.22. The second kappa shape index (κ2) is 7.41. The molecule has 0 unspecified atom stereocenters. The Morgan fingerprint density at radius 1 is 1.32 bits per heavy atom. The fraction of sp³-hybridized carbons (Fsp3) is 0.429. The maximum atomic E-state index is 11.8. The number of amides is 1. The summed E-state index contributed by atoms with van der Waals surface area (Å²) in [5.74, 6) is 0.860. The summed E-state index contributed by atoms with van der Waals surface area (Å²) in [5.41, 5.74) is 0.367. The Balaban J connectivity index is 2.72. The van der Waals surface area contributed by atoms with Gasteiger partial charge in [0.25, 0.3) is 5.91 Å². The van der Waals surface area contributed by atoms with Gasteiger partial charge < -0.3 is 14.4 Å². The minimum absolute atomic E-state index is 0.0746. The van der Waals surface area contributed by atoms with Gasteiger partial charge in [-0.25, -0.2) is 0 Å². The van der Waals surface area contributed by atoms with Gasteiger partial charge in [-0.1, -0.05) is 0 Å². The molecular weight excluding hydrogens is 246 g/mol. The third-order valence-corrected chi connectivity index (χ3v) is 2.81. The maximum absolute atomic E-state index is 11.8. The first-order valence-electron chi connectivity index (χ1n) is 6.20. The van der Waals surface area contributed by atoms with Crippen molar-refractivity contribution in [2.24, 2.45) is 0 Å². The molecule has 104 valence electrons. The molecule has 0 aliphatic carbocycles. The van der Waals surface area contributed by atoms with Gasteiger partial charge in [-0.15, -0.1) is 0 Å². The predicted molar refractivity (Wildman–Crippen MR) is 71.8 cm³/mol. The lowest BCUT2D eigenvalue weighted by atomic mass is 10.2. The quantitative estimate of drug-likeness (QED) is 0.705. The van der Waals surface area contributed by atoms with Crippen LogP contribution in [0.1, 0.15) is 24.2 Å². The van der Waals surface area contributed by atoms with Crippen LogP contribution >= 0.6 is 0 Å². The molecule has 0 fully saturated rings. The monoisotopic (exact) mass is 265 g/mol. The van der Waals surface area contributed by atoms with Crippen molar-refractivity contribution >= 4 is 12.2 Å². The van der Waals surface area contributed by atoms with Crippen LogP contribution in [0.15, 0.2) is 18.2 Å². The summed E-state index contributed by atoms with van der Waals surface area (Å²) in [5, 5.41) is 0. The molecule has 0 aromatic heterocycles. The van der Waals surface area contributed by atoms with Gasteiger partial charge in [-0.2, -0.15) is 0 Å². The van der Waals surface area contributed by atoms with Crippen LogP contribution in [0.2, 0.25) is 0 Å². The smallest absolute Gasteiger partial charge is 0.260 e. The van der Waals surface area contributed by atoms with E-state index in [2.05, 4.69) is 0 Å². The van der Waals surface area contributed by atoms with Crippen LogP contribution in [0.4, 0.5) is 0 Å². The van der Waals surface area contributed by atoms with E-state index in [-0.39, 0.29) is 12.5 Å². The normalized spacial score (nSPS) is 9.84. The molecule has 0 spiro atoms. The third-order valence-electron chi connectivity index (χ3n) is 2.81. The molecule has 0 aliphatic heterocycles. The molecule has 0 aliphatic rings. The molecule has 19 heavy (non-hydrogen) atoms. The lowest BCUT2D eigenvalue weighted by Crippen LogP contribution is -2.34. The summed E-state index contributed by atoms with van der Waals surface area (Å²) in [4.78, 5) is 24.4. The molecular formula is C14H19NO4. The minimum Gasteiger partial charge on any atom is -0.497 e. The van der Waals surface area contributed by atoms with E-state index in [1.54, 1.807) is 23.1 Å². The van der Waals surface area contributed by atoms with Crippen LogP contribution in [-0.4, -0.2) is 43.9 Å². The Kier molecular flexibility index (Phi) is 5.85. The number of ether oxygens (including phenoxy) is 2. The van der Waals surface area contributed by atoms with E-state index in [0.29, 0.717) is 36.4 Å². The van der Waals surface area contributed by atoms with Gasteiger partial charge in [-0.05, 0) is 32.0 Å². The molecule has 0 saturated carbocycles. The first-order chi connectivity index (χ1) is 9.15. The van der Waals surface area contributed by atoms with Gasteiger partial charge in [0.1, 0.15) is 11.5 Å². The van der Waals surface area contributed by atoms with Crippen molar-refractivity contribution in [2.75, 3.05) is 26.8 Å². The molecule has 1 aromatic rings. The number of nitrogens with zero attached hydrogens (tertiary/aromatic N) is 1. The van der Waals surface area contributed by atoms with Crippen LogP contribution in [-0.2, 0) is 4.79 Å². The molecule has 5 nitrogen and oxygen atoms in total. The molecule has 0 saturated heterocycles. The number of carbonyl (C=O) groups excluding carboxylic acids is 2. The van der Waals surface area contributed by atoms with Crippen molar-refractivity contribution in [1.29, 1.82) is 0 Å². The second-order valence-electron chi connectivity index (χ2n) is 3.88. The Morgan fingerprint density at radius 3 is 2.53 bits per heavy atom. The van der Waals surface area contributed by atoms with Gasteiger partial charge in [0.2, 0.25) is 0 Å². The number of methoxy groups -OCH3 is 1. The van der Waals surface area contributed by atoms with E-state index < -0.39 is 0 Å². The second-order valence-corrected chi connectivity index (χ2v) is 3.88. The molecule has 0 heterocycles. The number of hydrogen-bond acceptors (Lipinski definition) is 4.